The molecule has 0 saturated carbocycles. The number of hydrogen-bond acceptors (Lipinski definition) is 5. The second kappa shape index (κ2) is 7.08. The normalized spacial score (nSPS) is 11.8. The van der Waals surface area contributed by atoms with Crippen molar-refractivity contribution in [2.45, 2.75) is 6.18 Å². The zero-order chi connectivity index (χ0) is 18.7. The maximum absolute atomic E-state index is 13.7. The Morgan fingerprint density at radius 2 is 1.92 bits per heavy atom. The Morgan fingerprint density at radius 3 is 2.62 bits per heavy atom. The fourth-order valence-electron chi connectivity index (χ4n) is 1.94. The smallest absolute Gasteiger partial charge is 0.445 e. The predicted octanol–water partition coefficient (Wildman–Crippen LogP) is 4.61. The second-order valence-corrected chi connectivity index (χ2v) is 5.89. The molecule has 26 heavy (non-hydrogen) atoms. The number of nitrogens with one attached hydrogen (secondary N) is 1. The van der Waals surface area contributed by atoms with Crippen LogP contribution in [0.15, 0.2) is 46.9 Å². The standard InChI is InChI=1S/C16H9F4N3O2S/c17-11-4-2-1-3-10(11)12-7-5-9(25-12)6-8-13(24)21-15-23-22-14(26-15)16(18,19)20/h1-8H,(H,21,23,24)/b8-6+. The van der Waals surface area contributed by atoms with Gasteiger partial charge in [0.1, 0.15) is 17.3 Å². The van der Waals surface area contributed by atoms with Crippen LogP contribution in [0.3, 0.4) is 0 Å². The molecule has 0 bridgehead atoms. The highest BCUT2D eigenvalue weighted by atomic mass is 32.1. The van der Waals surface area contributed by atoms with Crippen LogP contribution in [-0.4, -0.2) is 16.1 Å². The van der Waals surface area contributed by atoms with Gasteiger partial charge in [-0.15, -0.1) is 10.2 Å². The summed E-state index contributed by atoms with van der Waals surface area (Å²) in [5, 5.41) is 6.94. The van der Waals surface area contributed by atoms with E-state index < -0.39 is 22.9 Å². The highest BCUT2D eigenvalue weighted by Crippen LogP contribution is 2.33. The Morgan fingerprint density at radius 1 is 1.15 bits per heavy atom. The van der Waals surface area contributed by atoms with Gasteiger partial charge in [0.25, 0.3) is 0 Å². The largest absolute Gasteiger partial charge is 0.457 e. The Bertz CT molecular complexity index is 962. The van der Waals surface area contributed by atoms with Crippen molar-refractivity contribution < 1.29 is 26.8 Å². The first-order chi connectivity index (χ1) is 12.3. The summed E-state index contributed by atoms with van der Waals surface area (Å²) in [7, 11) is 0. The van der Waals surface area contributed by atoms with E-state index in [2.05, 4.69) is 15.5 Å². The van der Waals surface area contributed by atoms with E-state index in [-0.39, 0.29) is 33.6 Å². The highest BCUT2D eigenvalue weighted by Gasteiger charge is 2.35. The summed E-state index contributed by atoms with van der Waals surface area (Å²) in [6, 6.07) is 9.10. The Kier molecular flexibility index (Phi) is 4.85. The van der Waals surface area contributed by atoms with Crippen molar-refractivity contribution in [2.24, 2.45) is 0 Å². The molecule has 0 radical (unpaired) electrons. The lowest BCUT2D eigenvalue weighted by molar-refractivity contribution is -0.138. The molecule has 3 aromatic rings. The summed E-state index contributed by atoms with van der Waals surface area (Å²) in [6.45, 7) is 0. The van der Waals surface area contributed by atoms with Crippen molar-refractivity contribution in [1.29, 1.82) is 0 Å². The predicted molar refractivity (Wildman–Crippen MR) is 86.7 cm³/mol. The van der Waals surface area contributed by atoms with Gasteiger partial charge < -0.3 is 4.42 Å². The maximum atomic E-state index is 13.7. The van der Waals surface area contributed by atoms with Crippen molar-refractivity contribution in [1.82, 2.24) is 10.2 Å². The molecular weight excluding hydrogens is 374 g/mol. The number of carbonyl (C=O) groups is 1. The maximum Gasteiger partial charge on any atom is 0.445 e. The van der Waals surface area contributed by atoms with Crippen molar-refractivity contribution >= 4 is 28.5 Å². The number of anilines is 1. The topological polar surface area (TPSA) is 68.0 Å². The lowest BCUT2D eigenvalue weighted by Crippen LogP contribution is -2.07. The number of alkyl halides is 3. The van der Waals surface area contributed by atoms with Gasteiger partial charge in [0, 0.05) is 6.08 Å². The minimum absolute atomic E-state index is 0.215. The van der Waals surface area contributed by atoms with Crippen LogP contribution in [0, 0.1) is 5.82 Å². The van der Waals surface area contributed by atoms with E-state index in [9.17, 15) is 22.4 Å². The molecule has 1 aromatic carbocycles. The van der Waals surface area contributed by atoms with Crippen LogP contribution in [0.4, 0.5) is 22.7 Å². The number of amides is 1. The van der Waals surface area contributed by atoms with Crippen molar-refractivity contribution in [3.63, 3.8) is 0 Å². The fourth-order valence-corrected chi connectivity index (χ4v) is 2.56. The van der Waals surface area contributed by atoms with Gasteiger partial charge in [0.05, 0.1) is 5.56 Å². The molecule has 1 amide bonds. The molecule has 0 saturated heterocycles. The summed E-state index contributed by atoms with van der Waals surface area (Å²) >= 11 is 0.215. The molecule has 0 unspecified atom stereocenters. The van der Waals surface area contributed by atoms with Gasteiger partial charge >= 0.3 is 6.18 Å². The number of furan rings is 1. The number of rotatable bonds is 4. The second-order valence-electron chi connectivity index (χ2n) is 4.91. The van der Waals surface area contributed by atoms with Crippen LogP contribution in [0.5, 0.6) is 0 Å². The summed E-state index contributed by atoms with van der Waals surface area (Å²) < 4.78 is 56.4. The molecule has 0 aliphatic heterocycles. The highest BCUT2D eigenvalue weighted by molar-refractivity contribution is 7.15. The molecular formula is C16H9F4N3O2S. The van der Waals surface area contributed by atoms with Crippen molar-refractivity contribution in [3.05, 3.63) is 59.1 Å². The summed E-state index contributed by atoms with van der Waals surface area (Å²) in [5.74, 6) is -0.612. The Hall–Kier alpha value is -3.01. The summed E-state index contributed by atoms with van der Waals surface area (Å²) in [5.41, 5.74) is 0.269. The van der Waals surface area contributed by atoms with Crippen LogP contribution in [-0.2, 0) is 11.0 Å². The van der Waals surface area contributed by atoms with E-state index in [0.717, 1.165) is 6.08 Å². The molecule has 0 fully saturated rings. The number of benzene rings is 1. The zero-order valence-electron chi connectivity index (χ0n) is 12.7. The first-order valence-electron chi connectivity index (χ1n) is 7.07. The first-order valence-corrected chi connectivity index (χ1v) is 7.89. The van der Waals surface area contributed by atoms with E-state index >= 15 is 0 Å². The number of carbonyl (C=O) groups excluding carboxylic acids is 1. The Balaban J connectivity index is 1.66. The van der Waals surface area contributed by atoms with Crippen LogP contribution in [0.2, 0.25) is 0 Å². The van der Waals surface area contributed by atoms with Crippen LogP contribution in [0.25, 0.3) is 17.4 Å². The van der Waals surface area contributed by atoms with Gasteiger partial charge in [-0.3, -0.25) is 10.1 Å². The molecule has 10 heteroatoms. The third-order valence-electron chi connectivity index (χ3n) is 3.06. The van der Waals surface area contributed by atoms with Gasteiger partial charge in [-0.05, 0) is 30.3 Å². The van der Waals surface area contributed by atoms with E-state index in [4.69, 9.17) is 4.42 Å². The van der Waals surface area contributed by atoms with Crippen molar-refractivity contribution in [2.75, 3.05) is 5.32 Å². The SMILES string of the molecule is O=C(/C=C/c1ccc(-c2ccccc2F)o1)Nc1nnc(C(F)(F)F)s1. The van der Waals surface area contributed by atoms with Crippen LogP contribution < -0.4 is 5.32 Å². The minimum atomic E-state index is -4.62. The van der Waals surface area contributed by atoms with Gasteiger partial charge in [-0.25, -0.2) is 4.39 Å². The average molecular weight is 383 g/mol. The lowest BCUT2D eigenvalue weighted by Gasteiger charge is -1.98. The van der Waals surface area contributed by atoms with Gasteiger partial charge in [-0.2, -0.15) is 13.2 Å². The van der Waals surface area contributed by atoms with Gasteiger partial charge in [-0.1, -0.05) is 23.5 Å². The molecule has 134 valence electrons. The molecule has 0 atom stereocenters. The zero-order valence-corrected chi connectivity index (χ0v) is 13.6. The lowest BCUT2D eigenvalue weighted by atomic mass is 10.1. The van der Waals surface area contributed by atoms with E-state index in [1.807, 2.05) is 0 Å². The number of halogens is 4. The van der Waals surface area contributed by atoms with Crippen LogP contribution in [0.1, 0.15) is 10.8 Å². The first kappa shape index (κ1) is 17.8. The third kappa shape index (κ3) is 4.14. The number of aromatic nitrogens is 2. The average Bonchev–Trinajstić information content (AvgIpc) is 3.22. The number of nitrogens with zero attached hydrogens (tertiary/aromatic N) is 2. The summed E-state index contributed by atoms with van der Waals surface area (Å²) in [4.78, 5) is 11.7. The molecule has 2 heterocycles. The molecule has 3 rings (SSSR count). The van der Waals surface area contributed by atoms with E-state index in [1.165, 1.54) is 24.3 Å². The molecule has 0 aliphatic carbocycles. The van der Waals surface area contributed by atoms with E-state index in [1.54, 1.807) is 18.2 Å². The minimum Gasteiger partial charge on any atom is -0.457 e. The molecule has 0 aliphatic rings. The Labute approximate surface area is 148 Å². The molecule has 1 N–H and O–H groups in total. The van der Waals surface area contributed by atoms with Gasteiger partial charge in [0.15, 0.2) is 0 Å². The third-order valence-corrected chi connectivity index (χ3v) is 3.95. The quantitative estimate of drug-likeness (QED) is 0.528. The van der Waals surface area contributed by atoms with E-state index in [0.29, 0.717) is 0 Å². The van der Waals surface area contributed by atoms with Crippen molar-refractivity contribution in [3.8, 4) is 11.3 Å². The molecule has 5 nitrogen and oxygen atoms in total. The number of hydrogen-bond donors (Lipinski definition) is 1. The molecule has 2 aromatic heterocycles. The van der Waals surface area contributed by atoms with Gasteiger partial charge in [0.2, 0.25) is 16.0 Å². The summed E-state index contributed by atoms with van der Waals surface area (Å²) in [6.07, 6.45) is -2.27. The fraction of sp³-hybridized carbons (Fsp3) is 0.0625. The monoisotopic (exact) mass is 383 g/mol. The van der Waals surface area contributed by atoms with Crippen LogP contribution >= 0.6 is 11.3 Å². The molecule has 0 spiro atoms.